The van der Waals surface area contributed by atoms with E-state index in [1.165, 1.54) is 9.75 Å². The third-order valence-electron chi connectivity index (χ3n) is 3.16. The van der Waals surface area contributed by atoms with Crippen LogP contribution in [0, 0.1) is 6.92 Å². The van der Waals surface area contributed by atoms with Crippen LogP contribution in [-0.2, 0) is 13.0 Å². The molecule has 3 nitrogen and oxygen atoms in total. The molecule has 1 aliphatic heterocycles. The van der Waals surface area contributed by atoms with E-state index in [1.54, 1.807) is 11.3 Å². The molecule has 3 rings (SSSR count). The summed E-state index contributed by atoms with van der Waals surface area (Å²) in [6, 6.07) is 4.44. The van der Waals surface area contributed by atoms with Crippen molar-refractivity contribution in [3.05, 3.63) is 27.9 Å². The Morgan fingerprint density at radius 1 is 1.53 bits per heavy atom. The van der Waals surface area contributed by atoms with Crippen molar-refractivity contribution in [1.29, 1.82) is 0 Å². The van der Waals surface area contributed by atoms with Gasteiger partial charge in [0.1, 0.15) is 0 Å². The summed E-state index contributed by atoms with van der Waals surface area (Å²) in [7, 11) is 0. The molecular weight excluding hydrogens is 254 g/mol. The molecule has 1 atom stereocenters. The van der Waals surface area contributed by atoms with Crippen LogP contribution in [0.1, 0.15) is 17.0 Å². The normalized spacial score (nSPS) is 19.4. The molecule has 2 aromatic heterocycles. The van der Waals surface area contributed by atoms with Gasteiger partial charge < -0.3 is 10.3 Å². The lowest BCUT2D eigenvalue weighted by Crippen LogP contribution is -2.30. The van der Waals surface area contributed by atoms with Crippen LogP contribution in [-0.4, -0.2) is 15.6 Å². The molecule has 17 heavy (non-hydrogen) atoms. The van der Waals surface area contributed by atoms with Gasteiger partial charge in [-0.25, -0.2) is 4.98 Å². The molecule has 1 aliphatic rings. The number of halogens is 1. The molecule has 0 fully saturated rings. The van der Waals surface area contributed by atoms with Crippen LogP contribution < -0.4 is 5.73 Å². The zero-order chi connectivity index (χ0) is 12.0. The maximum Gasteiger partial charge on any atom is 0.152 e. The lowest BCUT2D eigenvalue weighted by atomic mass is 10.1. The van der Waals surface area contributed by atoms with Crippen molar-refractivity contribution >= 4 is 22.9 Å². The zero-order valence-corrected chi connectivity index (χ0v) is 11.2. The fourth-order valence-corrected chi connectivity index (χ4v) is 3.41. The van der Waals surface area contributed by atoms with Crippen LogP contribution in [0.5, 0.6) is 0 Å². The Hall–Kier alpha value is -0.840. The molecule has 0 saturated heterocycles. The van der Waals surface area contributed by atoms with E-state index in [9.17, 15) is 0 Å². The van der Waals surface area contributed by atoms with Crippen LogP contribution in [0.2, 0.25) is 5.15 Å². The van der Waals surface area contributed by atoms with Crippen LogP contribution in [0.3, 0.4) is 0 Å². The van der Waals surface area contributed by atoms with Crippen molar-refractivity contribution < 1.29 is 0 Å². The first-order valence-corrected chi connectivity index (χ1v) is 6.92. The number of fused-ring (bicyclic) bond motifs is 1. The summed E-state index contributed by atoms with van der Waals surface area (Å²) in [4.78, 5) is 6.97. The van der Waals surface area contributed by atoms with Gasteiger partial charge >= 0.3 is 0 Å². The molecular formula is C12H14ClN3S. The van der Waals surface area contributed by atoms with Gasteiger partial charge in [-0.2, -0.15) is 0 Å². The number of hydrogen-bond donors (Lipinski definition) is 1. The van der Waals surface area contributed by atoms with Gasteiger partial charge in [-0.3, -0.25) is 0 Å². The second-order valence-corrected chi connectivity index (χ2v) is 6.13. The molecule has 0 radical (unpaired) electrons. The topological polar surface area (TPSA) is 43.8 Å². The fourth-order valence-electron chi connectivity index (χ4n) is 2.28. The molecule has 1 unspecified atom stereocenters. The van der Waals surface area contributed by atoms with Crippen molar-refractivity contribution in [2.75, 3.05) is 0 Å². The summed E-state index contributed by atoms with van der Waals surface area (Å²) in [6.07, 6.45) is 1.83. The first kappa shape index (κ1) is 11.3. The number of rotatable bonds is 1. The number of aryl methyl sites for hydroxylation is 1. The van der Waals surface area contributed by atoms with Crippen LogP contribution in [0.15, 0.2) is 12.1 Å². The van der Waals surface area contributed by atoms with E-state index < -0.39 is 0 Å². The highest BCUT2D eigenvalue weighted by atomic mass is 35.5. The second-order valence-electron chi connectivity index (χ2n) is 4.49. The smallest absolute Gasteiger partial charge is 0.152 e. The molecule has 0 aliphatic carbocycles. The minimum Gasteiger partial charge on any atom is -0.327 e. The monoisotopic (exact) mass is 267 g/mol. The maximum atomic E-state index is 6.20. The Morgan fingerprint density at radius 2 is 2.35 bits per heavy atom. The third-order valence-corrected chi connectivity index (χ3v) is 4.46. The summed E-state index contributed by atoms with van der Waals surface area (Å²) >= 11 is 7.96. The minimum atomic E-state index is 0.217. The third kappa shape index (κ3) is 1.90. The highest BCUT2D eigenvalue weighted by Gasteiger charge is 2.23. The molecule has 3 heterocycles. The first-order chi connectivity index (χ1) is 8.15. The SMILES string of the molecule is Cc1ccc(-c2nc(Cl)c3n2CCC(N)C3)s1. The highest BCUT2D eigenvalue weighted by Crippen LogP contribution is 2.33. The number of imidazole rings is 1. The minimum absolute atomic E-state index is 0.217. The number of hydrogen-bond acceptors (Lipinski definition) is 3. The van der Waals surface area contributed by atoms with Crippen molar-refractivity contribution in [2.45, 2.75) is 32.4 Å². The van der Waals surface area contributed by atoms with Gasteiger partial charge in [0.2, 0.25) is 0 Å². The predicted octanol–water partition coefficient (Wildman–Crippen LogP) is 2.85. The van der Waals surface area contributed by atoms with Crippen LogP contribution >= 0.6 is 22.9 Å². The van der Waals surface area contributed by atoms with E-state index >= 15 is 0 Å². The second kappa shape index (κ2) is 4.12. The van der Waals surface area contributed by atoms with Gasteiger partial charge in [0.25, 0.3) is 0 Å². The highest BCUT2D eigenvalue weighted by molar-refractivity contribution is 7.15. The fraction of sp³-hybridized carbons (Fsp3) is 0.417. The van der Waals surface area contributed by atoms with Gasteiger partial charge in [-0.05, 0) is 25.5 Å². The first-order valence-electron chi connectivity index (χ1n) is 5.72. The molecule has 0 bridgehead atoms. The van der Waals surface area contributed by atoms with E-state index in [-0.39, 0.29) is 6.04 Å². The van der Waals surface area contributed by atoms with Crippen LogP contribution in [0.25, 0.3) is 10.7 Å². The molecule has 2 N–H and O–H groups in total. The molecule has 90 valence electrons. The Balaban J connectivity index is 2.10. The van der Waals surface area contributed by atoms with Crippen molar-refractivity contribution in [3.63, 3.8) is 0 Å². The summed E-state index contributed by atoms with van der Waals surface area (Å²) in [6.45, 7) is 3.02. The Labute approximate surface area is 109 Å². The summed E-state index contributed by atoms with van der Waals surface area (Å²) in [5.74, 6) is 0.995. The molecule has 0 amide bonds. The molecule has 5 heteroatoms. The lowest BCUT2D eigenvalue weighted by molar-refractivity contribution is 0.475. The van der Waals surface area contributed by atoms with Crippen molar-refractivity contribution in [3.8, 4) is 10.7 Å². The van der Waals surface area contributed by atoms with Crippen LogP contribution in [0.4, 0.5) is 0 Å². The average Bonchev–Trinajstić information content (AvgIpc) is 2.84. The van der Waals surface area contributed by atoms with Gasteiger partial charge in [0.15, 0.2) is 11.0 Å². The Bertz CT molecular complexity index is 558. The summed E-state index contributed by atoms with van der Waals surface area (Å²) in [5, 5.41) is 0.612. The number of nitrogens with two attached hydrogens (primary N) is 1. The average molecular weight is 268 g/mol. The van der Waals surface area contributed by atoms with E-state index in [4.69, 9.17) is 17.3 Å². The molecule has 0 spiro atoms. The van der Waals surface area contributed by atoms with Crippen molar-refractivity contribution in [1.82, 2.24) is 9.55 Å². The van der Waals surface area contributed by atoms with Gasteiger partial charge in [0.05, 0.1) is 10.6 Å². The zero-order valence-electron chi connectivity index (χ0n) is 9.61. The van der Waals surface area contributed by atoms with Gasteiger partial charge in [-0.15, -0.1) is 11.3 Å². The standard InChI is InChI=1S/C12H14ClN3S/c1-7-2-3-10(17-7)12-15-11(13)9-6-8(14)4-5-16(9)12/h2-3,8H,4-6,14H2,1H3. The largest absolute Gasteiger partial charge is 0.327 e. The summed E-state index contributed by atoms with van der Waals surface area (Å²) in [5.41, 5.74) is 7.06. The number of aromatic nitrogens is 2. The lowest BCUT2D eigenvalue weighted by Gasteiger charge is -2.21. The van der Waals surface area contributed by atoms with Gasteiger partial charge in [0, 0.05) is 23.9 Å². The predicted molar refractivity (Wildman–Crippen MR) is 71.6 cm³/mol. The Morgan fingerprint density at radius 3 is 3.06 bits per heavy atom. The van der Waals surface area contributed by atoms with E-state index in [0.29, 0.717) is 5.15 Å². The molecule has 0 saturated carbocycles. The van der Waals surface area contributed by atoms with E-state index in [2.05, 4.69) is 28.6 Å². The molecule has 2 aromatic rings. The Kier molecular flexibility index (Phi) is 2.73. The molecule has 0 aromatic carbocycles. The number of nitrogens with zero attached hydrogens (tertiary/aromatic N) is 2. The number of thiophene rings is 1. The summed E-state index contributed by atoms with van der Waals surface area (Å²) < 4.78 is 2.22. The quantitative estimate of drug-likeness (QED) is 0.863. The van der Waals surface area contributed by atoms with E-state index in [0.717, 1.165) is 30.9 Å². The van der Waals surface area contributed by atoms with Gasteiger partial charge in [-0.1, -0.05) is 11.6 Å². The van der Waals surface area contributed by atoms with Crippen molar-refractivity contribution in [2.24, 2.45) is 5.73 Å². The van der Waals surface area contributed by atoms with E-state index in [1.807, 2.05) is 0 Å². The maximum absolute atomic E-state index is 6.20.